The third-order valence-corrected chi connectivity index (χ3v) is 5.06. The van der Waals surface area contributed by atoms with Crippen molar-refractivity contribution < 1.29 is 9.53 Å². The molecule has 18 heavy (non-hydrogen) atoms. The third-order valence-electron chi connectivity index (χ3n) is 3.64. The van der Waals surface area contributed by atoms with E-state index in [2.05, 4.69) is 11.6 Å². The van der Waals surface area contributed by atoms with Crippen molar-refractivity contribution in [2.45, 2.75) is 44.4 Å². The molecule has 1 rings (SSSR count). The molecular formula is C13H26N2O2S. The molecule has 0 spiro atoms. The topological polar surface area (TPSA) is 64.4 Å². The molecule has 0 aliphatic carbocycles. The van der Waals surface area contributed by atoms with Gasteiger partial charge in [-0.2, -0.15) is 11.8 Å². The van der Waals surface area contributed by atoms with E-state index in [4.69, 9.17) is 10.5 Å². The summed E-state index contributed by atoms with van der Waals surface area (Å²) < 4.78 is 5.50. The molecule has 0 aromatic rings. The van der Waals surface area contributed by atoms with E-state index in [0.29, 0.717) is 6.54 Å². The maximum atomic E-state index is 12.0. The molecule has 0 radical (unpaired) electrons. The number of carbonyl (C=O) groups is 1. The van der Waals surface area contributed by atoms with Crippen LogP contribution in [0.25, 0.3) is 0 Å². The van der Waals surface area contributed by atoms with Crippen molar-refractivity contribution in [2.24, 2.45) is 11.1 Å². The van der Waals surface area contributed by atoms with Gasteiger partial charge in [0, 0.05) is 24.5 Å². The Kier molecular flexibility index (Phi) is 5.49. The van der Waals surface area contributed by atoms with Crippen molar-refractivity contribution in [1.82, 2.24) is 5.32 Å². The number of carbonyl (C=O) groups excluding carboxylic acids is 1. The Balaban J connectivity index is 2.50. The summed E-state index contributed by atoms with van der Waals surface area (Å²) in [5.41, 5.74) is 5.75. The molecule has 3 N–H and O–H groups in total. The molecule has 1 amide bonds. The number of hydrogen-bond acceptors (Lipinski definition) is 4. The fourth-order valence-electron chi connectivity index (χ4n) is 1.95. The fraction of sp³-hybridized carbons (Fsp3) is 0.923. The maximum absolute atomic E-state index is 12.0. The molecule has 1 aliphatic heterocycles. The largest absolute Gasteiger partial charge is 0.381 e. The predicted molar refractivity (Wildman–Crippen MR) is 76.7 cm³/mol. The monoisotopic (exact) mass is 274 g/mol. The van der Waals surface area contributed by atoms with Gasteiger partial charge in [-0.05, 0) is 24.5 Å². The van der Waals surface area contributed by atoms with Crippen LogP contribution in [-0.2, 0) is 9.53 Å². The Morgan fingerprint density at radius 3 is 2.44 bits per heavy atom. The molecule has 0 aromatic carbocycles. The number of hydrogen-bond donors (Lipinski definition) is 2. The third kappa shape index (κ3) is 4.14. The maximum Gasteiger partial charge on any atom is 0.237 e. The van der Waals surface area contributed by atoms with Gasteiger partial charge in [0.15, 0.2) is 0 Å². The second kappa shape index (κ2) is 6.26. The molecular weight excluding hydrogens is 248 g/mol. The van der Waals surface area contributed by atoms with E-state index in [1.54, 1.807) is 0 Å². The first kappa shape index (κ1) is 15.8. The first-order chi connectivity index (χ1) is 8.31. The molecule has 0 saturated carbocycles. The molecule has 1 heterocycles. The smallest absolute Gasteiger partial charge is 0.237 e. The van der Waals surface area contributed by atoms with E-state index in [0.717, 1.165) is 26.1 Å². The second-order valence-electron chi connectivity index (χ2n) is 6.06. The number of nitrogens with two attached hydrogens (primary N) is 1. The van der Waals surface area contributed by atoms with Gasteiger partial charge < -0.3 is 15.8 Å². The van der Waals surface area contributed by atoms with Gasteiger partial charge in [-0.25, -0.2) is 0 Å². The zero-order valence-corrected chi connectivity index (χ0v) is 12.7. The predicted octanol–water partition coefficient (Wildman–Crippen LogP) is 1.39. The van der Waals surface area contributed by atoms with Crippen LogP contribution in [0.15, 0.2) is 0 Å². The van der Waals surface area contributed by atoms with Gasteiger partial charge in [-0.15, -0.1) is 0 Å². The Bertz CT molecular complexity index is 283. The molecule has 1 atom stereocenters. The standard InChI is InChI=1S/C13H26N2O2S/c1-12(2,3)10(14)11(16)15-9-13(18-4)5-7-17-8-6-13/h10H,5-9,14H2,1-4H3,(H,15,16)/t10-/m1/s1. The molecule has 0 unspecified atom stereocenters. The van der Waals surface area contributed by atoms with Crippen molar-refractivity contribution in [2.75, 3.05) is 26.0 Å². The Morgan fingerprint density at radius 1 is 1.44 bits per heavy atom. The summed E-state index contributed by atoms with van der Waals surface area (Å²) in [7, 11) is 0. The molecule has 0 aromatic heterocycles. The summed E-state index contributed by atoms with van der Waals surface area (Å²) in [5.74, 6) is -0.0533. The van der Waals surface area contributed by atoms with Crippen LogP contribution in [0, 0.1) is 5.41 Å². The Hall–Kier alpha value is -0.260. The van der Waals surface area contributed by atoms with Gasteiger partial charge in [0.2, 0.25) is 5.91 Å². The van der Waals surface area contributed by atoms with Crippen molar-refractivity contribution in [1.29, 1.82) is 0 Å². The molecule has 1 aliphatic rings. The molecule has 1 saturated heterocycles. The van der Waals surface area contributed by atoms with Gasteiger partial charge in [0.25, 0.3) is 0 Å². The minimum absolute atomic E-state index is 0.0533. The van der Waals surface area contributed by atoms with Gasteiger partial charge in [-0.3, -0.25) is 4.79 Å². The lowest BCUT2D eigenvalue weighted by Gasteiger charge is -2.36. The number of thioether (sulfide) groups is 1. The van der Waals surface area contributed by atoms with Crippen molar-refractivity contribution >= 4 is 17.7 Å². The number of ether oxygens (including phenoxy) is 1. The molecule has 4 nitrogen and oxygen atoms in total. The highest BCUT2D eigenvalue weighted by Gasteiger charge is 2.34. The van der Waals surface area contributed by atoms with Gasteiger partial charge in [0.1, 0.15) is 0 Å². The van der Waals surface area contributed by atoms with Crippen LogP contribution in [0.4, 0.5) is 0 Å². The number of amides is 1. The highest BCUT2D eigenvalue weighted by Crippen LogP contribution is 2.33. The van der Waals surface area contributed by atoms with E-state index in [-0.39, 0.29) is 16.1 Å². The van der Waals surface area contributed by atoms with Crippen LogP contribution in [0.2, 0.25) is 0 Å². The highest BCUT2D eigenvalue weighted by molar-refractivity contribution is 8.00. The number of nitrogens with one attached hydrogen (secondary N) is 1. The van der Waals surface area contributed by atoms with Crippen LogP contribution >= 0.6 is 11.8 Å². The van der Waals surface area contributed by atoms with E-state index in [9.17, 15) is 4.79 Å². The molecule has 106 valence electrons. The van der Waals surface area contributed by atoms with Gasteiger partial charge >= 0.3 is 0 Å². The van der Waals surface area contributed by atoms with Gasteiger partial charge in [0.05, 0.1) is 6.04 Å². The summed E-state index contributed by atoms with van der Waals surface area (Å²) in [6.45, 7) is 8.19. The Labute approximate surface area is 114 Å². The summed E-state index contributed by atoms with van der Waals surface area (Å²) in [6, 6.07) is -0.462. The lowest BCUT2D eigenvalue weighted by Crippen LogP contribution is -2.52. The first-order valence-electron chi connectivity index (χ1n) is 6.47. The van der Waals surface area contributed by atoms with Crippen LogP contribution in [0.1, 0.15) is 33.6 Å². The normalized spacial score (nSPS) is 21.4. The van der Waals surface area contributed by atoms with E-state index < -0.39 is 6.04 Å². The lowest BCUT2D eigenvalue weighted by molar-refractivity contribution is -0.124. The molecule has 0 bridgehead atoms. The van der Waals surface area contributed by atoms with Crippen molar-refractivity contribution in [3.05, 3.63) is 0 Å². The quantitative estimate of drug-likeness (QED) is 0.813. The average molecular weight is 274 g/mol. The van der Waals surface area contributed by atoms with Crippen LogP contribution in [-0.4, -0.2) is 42.7 Å². The zero-order valence-electron chi connectivity index (χ0n) is 11.9. The van der Waals surface area contributed by atoms with Crippen LogP contribution in [0.5, 0.6) is 0 Å². The summed E-state index contributed by atoms with van der Waals surface area (Å²) in [4.78, 5) is 12.0. The fourth-order valence-corrected chi connectivity index (χ4v) is 2.74. The lowest BCUT2D eigenvalue weighted by atomic mass is 9.87. The molecule has 1 fully saturated rings. The zero-order chi connectivity index (χ0) is 13.8. The summed E-state index contributed by atoms with van der Waals surface area (Å²) in [5, 5.41) is 3.01. The van der Waals surface area contributed by atoms with E-state index in [1.807, 2.05) is 32.5 Å². The molecule has 5 heteroatoms. The minimum Gasteiger partial charge on any atom is -0.381 e. The van der Waals surface area contributed by atoms with E-state index in [1.165, 1.54) is 0 Å². The van der Waals surface area contributed by atoms with Gasteiger partial charge in [-0.1, -0.05) is 20.8 Å². The summed E-state index contributed by atoms with van der Waals surface area (Å²) in [6.07, 6.45) is 4.07. The van der Waals surface area contributed by atoms with Crippen LogP contribution < -0.4 is 11.1 Å². The highest BCUT2D eigenvalue weighted by atomic mass is 32.2. The second-order valence-corrected chi connectivity index (χ2v) is 7.34. The van der Waals surface area contributed by atoms with Crippen molar-refractivity contribution in [3.63, 3.8) is 0 Å². The summed E-state index contributed by atoms with van der Waals surface area (Å²) >= 11 is 1.82. The van der Waals surface area contributed by atoms with E-state index >= 15 is 0 Å². The minimum atomic E-state index is -0.462. The first-order valence-corrected chi connectivity index (χ1v) is 7.69. The SMILES string of the molecule is CSC1(CNC(=O)[C@@H](N)C(C)(C)C)CCOCC1. The van der Waals surface area contributed by atoms with Crippen LogP contribution in [0.3, 0.4) is 0 Å². The Morgan fingerprint density at radius 2 is 2.00 bits per heavy atom. The van der Waals surface area contributed by atoms with Crippen molar-refractivity contribution in [3.8, 4) is 0 Å². The number of rotatable bonds is 4. The average Bonchev–Trinajstić information content (AvgIpc) is 2.35.